The van der Waals surface area contributed by atoms with Crippen LogP contribution in [0.3, 0.4) is 0 Å². The molecule has 1 fully saturated rings. The first kappa shape index (κ1) is 24.6. The van der Waals surface area contributed by atoms with Crippen molar-refractivity contribution in [1.82, 2.24) is 0 Å². The molecule has 0 radical (unpaired) electrons. The first-order valence-corrected chi connectivity index (χ1v) is 8.13. The fraction of sp³-hybridized carbons (Fsp3) is 0.941. The summed E-state index contributed by atoms with van der Waals surface area (Å²) < 4.78 is 10.1. The summed E-state index contributed by atoms with van der Waals surface area (Å²) >= 11 is 0. The van der Waals surface area contributed by atoms with Gasteiger partial charge in [0.1, 0.15) is 0 Å². The van der Waals surface area contributed by atoms with Crippen molar-refractivity contribution < 1.29 is 9.47 Å². The van der Waals surface area contributed by atoms with Crippen LogP contribution in [-0.2, 0) is 9.47 Å². The Labute approximate surface area is 128 Å². The zero-order valence-corrected chi connectivity index (χ0v) is 15.2. The molecule has 1 aliphatic rings. The molecule has 1 aliphatic heterocycles. The van der Waals surface area contributed by atoms with Gasteiger partial charge >= 0.3 is 0 Å². The van der Waals surface area contributed by atoms with Crippen molar-refractivity contribution in [3.05, 3.63) is 0 Å². The topological polar surface area (TPSA) is 30.8 Å². The van der Waals surface area contributed by atoms with Crippen LogP contribution in [0.15, 0.2) is 4.99 Å². The molecule has 0 bridgehead atoms. The standard InChI is InChI=1S/C6H14.C5H10O2.C3H7N.C3H8/c1-4-6(3)5-2;1-5-6-3-2-4-7-5;1-3-4-2;1-3-2/h6H,4-5H2,1-3H3;5H,2-4H2,1H3;3H,1-2H3;3H2,1-2H3. The number of aliphatic imine (C=N–C) groups is 1. The fourth-order valence-electron chi connectivity index (χ4n) is 0.894. The molecule has 124 valence electrons. The average molecular weight is 290 g/mol. The number of ether oxygens (including phenoxy) is 2. The molecule has 0 aromatic heterocycles. The number of hydrogen-bond donors (Lipinski definition) is 0. The Hall–Kier alpha value is -0.410. The summed E-state index contributed by atoms with van der Waals surface area (Å²) in [5, 5.41) is 0. The average Bonchev–Trinajstić information content (AvgIpc) is 2.49. The van der Waals surface area contributed by atoms with Crippen LogP contribution in [0.4, 0.5) is 0 Å². The van der Waals surface area contributed by atoms with E-state index >= 15 is 0 Å². The Morgan fingerprint density at radius 2 is 1.45 bits per heavy atom. The second-order valence-electron chi connectivity index (χ2n) is 4.81. The van der Waals surface area contributed by atoms with Gasteiger partial charge in [-0.1, -0.05) is 53.9 Å². The molecule has 0 aromatic rings. The van der Waals surface area contributed by atoms with Crippen molar-refractivity contribution in [1.29, 1.82) is 0 Å². The lowest BCUT2D eigenvalue weighted by Gasteiger charge is -2.18. The molecule has 0 aromatic carbocycles. The van der Waals surface area contributed by atoms with E-state index in [1.54, 1.807) is 13.3 Å². The summed E-state index contributed by atoms with van der Waals surface area (Å²) in [6.45, 7) is 16.5. The van der Waals surface area contributed by atoms with Gasteiger partial charge in [0, 0.05) is 7.05 Å². The van der Waals surface area contributed by atoms with Crippen molar-refractivity contribution in [2.75, 3.05) is 20.3 Å². The number of hydrogen-bond acceptors (Lipinski definition) is 3. The smallest absolute Gasteiger partial charge is 0.154 e. The third-order valence-electron chi connectivity index (χ3n) is 2.65. The summed E-state index contributed by atoms with van der Waals surface area (Å²) in [6, 6.07) is 0. The third-order valence-corrected chi connectivity index (χ3v) is 2.65. The van der Waals surface area contributed by atoms with E-state index in [0.29, 0.717) is 0 Å². The number of rotatable bonds is 2. The lowest BCUT2D eigenvalue weighted by Crippen LogP contribution is -2.21. The predicted molar refractivity (Wildman–Crippen MR) is 91.8 cm³/mol. The monoisotopic (exact) mass is 289 g/mol. The Morgan fingerprint density at radius 3 is 1.55 bits per heavy atom. The highest BCUT2D eigenvalue weighted by Crippen LogP contribution is 2.03. The van der Waals surface area contributed by atoms with Gasteiger partial charge in [0.05, 0.1) is 13.2 Å². The lowest BCUT2D eigenvalue weighted by molar-refractivity contribution is -0.167. The van der Waals surface area contributed by atoms with E-state index in [4.69, 9.17) is 9.47 Å². The van der Waals surface area contributed by atoms with Crippen molar-refractivity contribution in [2.24, 2.45) is 10.9 Å². The van der Waals surface area contributed by atoms with E-state index in [-0.39, 0.29) is 6.29 Å². The van der Waals surface area contributed by atoms with Gasteiger partial charge in [-0.15, -0.1) is 0 Å². The summed E-state index contributed by atoms with van der Waals surface area (Å²) in [5.41, 5.74) is 0. The maximum absolute atomic E-state index is 5.06. The Morgan fingerprint density at radius 1 is 1.10 bits per heavy atom. The van der Waals surface area contributed by atoms with Gasteiger partial charge in [-0.05, 0) is 32.4 Å². The predicted octanol–water partition coefficient (Wildman–Crippen LogP) is 5.34. The summed E-state index contributed by atoms with van der Waals surface area (Å²) in [6.07, 6.45) is 6.74. The molecular weight excluding hydrogens is 250 g/mol. The molecular formula is C17H39NO2. The zero-order chi connectivity index (χ0) is 16.2. The highest BCUT2D eigenvalue weighted by Gasteiger charge is 2.05. The summed E-state index contributed by atoms with van der Waals surface area (Å²) in [5.74, 6) is 0.935. The van der Waals surface area contributed by atoms with Crippen molar-refractivity contribution in [3.63, 3.8) is 0 Å². The zero-order valence-electron chi connectivity index (χ0n) is 15.2. The summed E-state index contributed by atoms with van der Waals surface area (Å²) in [4.78, 5) is 3.61. The highest BCUT2D eigenvalue weighted by molar-refractivity contribution is 5.52. The quantitative estimate of drug-likeness (QED) is 0.643. The van der Waals surface area contributed by atoms with E-state index in [1.165, 1.54) is 19.3 Å². The van der Waals surface area contributed by atoms with Gasteiger partial charge in [-0.3, -0.25) is 0 Å². The van der Waals surface area contributed by atoms with Gasteiger partial charge in [0.15, 0.2) is 6.29 Å². The molecule has 0 atom stereocenters. The molecule has 20 heavy (non-hydrogen) atoms. The molecule has 1 heterocycles. The van der Waals surface area contributed by atoms with Gasteiger partial charge in [0.2, 0.25) is 0 Å². The fourth-order valence-corrected chi connectivity index (χ4v) is 0.894. The van der Waals surface area contributed by atoms with Crippen molar-refractivity contribution in [2.45, 2.75) is 80.4 Å². The van der Waals surface area contributed by atoms with Crippen LogP contribution in [0.1, 0.15) is 74.1 Å². The maximum atomic E-state index is 5.06. The second kappa shape index (κ2) is 23.7. The van der Waals surface area contributed by atoms with E-state index in [0.717, 1.165) is 25.6 Å². The Bertz CT molecular complexity index is 158. The lowest BCUT2D eigenvalue weighted by atomic mass is 10.1. The minimum Gasteiger partial charge on any atom is -0.353 e. The van der Waals surface area contributed by atoms with Crippen LogP contribution in [0.5, 0.6) is 0 Å². The minimum absolute atomic E-state index is 0.0359. The SMILES string of the molecule is CC1OCCCO1.CC=NC.CCC.CCC(C)CC. The van der Waals surface area contributed by atoms with Gasteiger partial charge in [-0.2, -0.15) is 0 Å². The molecule has 3 nitrogen and oxygen atoms in total. The molecule has 0 N–H and O–H groups in total. The van der Waals surface area contributed by atoms with Crippen molar-refractivity contribution >= 4 is 6.21 Å². The van der Waals surface area contributed by atoms with Crippen LogP contribution in [0.25, 0.3) is 0 Å². The first-order valence-electron chi connectivity index (χ1n) is 8.13. The van der Waals surface area contributed by atoms with Gasteiger partial charge < -0.3 is 14.5 Å². The molecule has 0 unspecified atom stereocenters. The molecule has 0 amide bonds. The minimum atomic E-state index is 0.0359. The Kier molecular flexibility index (Phi) is 29.1. The largest absolute Gasteiger partial charge is 0.353 e. The number of nitrogens with zero attached hydrogens (tertiary/aromatic N) is 1. The van der Waals surface area contributed by atoms with E-state index in [2.05, 4.69) is 39.6 Å². The van der Waals surface area contributed by atoms with Crippen LogP contribution in [0.2, 0.25) is 0 Å². The van der Waals surface area contributed by atoms with Crippen LogP contribution in [0, 0.1) is 5.92 Å². The van der Waals surface area contributed by atoms with E-state index in [1.807, 2.05) is 13.8 Å². The molecule has 0 aliphatic carbocycles. The summed E-state index contributed by atoms with van der Waals surface area (Å²) in [7, 11) is 1.75. The molecule has 1 rings (SSSR count). The van der Waals surface area contributed by atoms with Crippen LogP contribution in [-0.4, -0.2) is 32.8 Å². The van der Waals surface area contributed by atoms with Gasteiger partial charge in [0.25, 0.3) is 0 Å². The van der Waals surface area contributed by atoms with Crippen molar-refractivity contribution in [3.8, 4) is 0 Å². The molecule has 1 saturated heterocycles. The molecule has 3 heteroatoms. The Balaban J connectivity index is -0.000000204. The molecule has 0 saturated carbocycles. The van der Waals surface area contributed by atoms with Crippen LogP contribution < -0.4 is 0 Å². The second-order valence-corrected chi connectivity index (χ2v) is 4.81. The molecule has 0 spiro atoms. The highest BCUT2D eigenvalue weighted by atomic mass is 16.7. The third kappa shape index (κ3) is 30.5. The van der Waals surface area contributed by atoms with Crippen LogP contribution >= 0.6 is 0 Å². The normalized spacial score (nSPS) is 14.7. The van der Waals surface area contributed by atoms with Gasteiger partial charge in [-0.25, -0.2) is 0 Å². The van der Waals surface area contributed by atoms with E-state index < -0.39 is 0 Å². The van der Waals surface area contributed by atoms with E-state index in [9.17, 15) is 0 Å². The first-order chi connectivity index (χ1) is 9.53. The maximum Gasteiger partial charge on any atom is 0.154 e.